The number of fused-ring (bicyclic) bond motifs is 1. The molecular weight excluding hydrogens is 226 g/mol. The minimum Gasteiger partial charge on any atom is -0.369 e. The molecule has 0 aliphatic carbocycles. The Hall–Kier alpha value is -1.62. The number of hydrogen-bond donors (Lipinski definition) is 1. The van der Waals surface area contributed by atoms with E-state index in [1.807, 2.05) is 13.0 Å². The molecule has 6 heteroatoms. The number of anilines is 1. The molecule has 0 saturated carbocycles. The molecule has 2 heterocycles. The number of hydrogen-bond acceptors (Lipinski definition) is 4. The second-order valence-electron chi connectivity index (χ2n) is 3.35. The highest BCUT2D eigenvalue weighted by Gasteiger charge is 2.10. The zero-order valence-electron chi connectivity index (χ0n) is 8.94. The van der Waals surface area contributed by atoms with Crippen molar-refractivity contribution in [2.45, 2.75) is 13.3 Å². The van der Waals surface area contributed by atoms with Gasteiger partial charge in [0.15, 0.2) is 0 Å². The van der Waals surface area contributed by atoms with Gasteiger partial charge >= 0.3 is 0 Å². The normalized spacial score (nSPS) is 10.6. The van der Waals surface area contributed by atoms with E-state index in [0.717, 1.165) is 24.3 Å². The Kier molecular flexibility index (Phi) is 3.05. The van der Waals surface area contributed by atoms with Gasteiger partial charge in [-0.15, -0.1) is 6.58 Å². The van der Waals surface area contributed by atoms with E-state index in [9.17, 15) is 0 Å². The maximum Gasteiger partial charge on any atom is 0.255 e. The summed E-state index contributed by atoms with van der Waals surface area (Å²) >= 11 is 6.01. The van der Waals surface area contributed by atoms with Gasteiger partial charge in [0, 0.05) is 12.1 Å². The van der Waals surface area contributed by atoms with Crippen molar-refractivity contribution in [1.82, 2.24) is 19.6 Å². The van der Waals surface area contributed by atoms with Crippen molar-refractivity contribution >= 4 is 23.2 Å². The third-order valence-electron chi connectivity index (χ3n) is 2.25. The highest BCUT2D eigenvalue weighted by molar-refractivity contribution is 6.30. The topological polar surface area (TPSA) is 55.1 Å². The van der Waals surface area contributed by atoms with Gasteiger partial charge < -0.3 is 5.32 Å². The minimum atomic E-state index is 0.446. The van der Waals surface area contributed by atoms with Crippen LogP contribution in [0.5, 0.6) is 0 Å². The smallest absolute Gasteiger partial charge is 0.255 e. The maximum atomic E-state index is 6.01. The molecule has 0 atom stereocenters. The summed E-state index contributed by atoms with van der Waals surface area (Å²) in [6.45, 7) is 6.34. The van der Waals surface area contributed by atoms with E-state index in [0.29, 0.717) is 10.9 Å². The van der Waals surface area contributed by atoms with E-state index in [2.05, 4.69) is 27.0 Å². The van der Waals surface area contributed by atoms with Gasteiger partial charge in [-0.3, -0.25) is 0 Å². The van der Waals surface area contributed by atoms with Gasteiger partial charge in [0.25, 0.3) is 5.78 Å². The number of halogens is 1. The first-order valence-electron chi connectivity index (χ1n) is 4.94. The lowest BCUT2D eigenvalue weighted by atomic mass is 10.3. The van der Waals surface area contributed by atoms with Gasteiger partial charge in [-0.1, -0.05) is 17.7 Å². The number of nitrogens with zero attached hydrogens (tertiary/aromatic N) is 4. The summed E-state index contributed by atoms with van der Waals surface area (Å²) < 4.78 is 1.64. The van der Waals surface area contributed by atoms with E-state index in [1.165, 1.54) is 6.33 Å². The van der Waals surface area contributed by atoms with Crippen LogP contribution >= 0.6 is 11.6 Å². The van der Waals surface area contributed by atoms with Crippen molar-refractivity contribution in [1.29, 1.82) is 0 Å². The van der Waals surface area contributed by atoms with Gasteiger partial charge in [0.1, 0.15) is 17.3 Å². The zero-order valence-corrected chi connectivity index (χ0v) is 9.70. The monoisotopic (exact) mass is 237 g/mol. The summed E-state index contributed by atoms with van der Waals surface area (Å²) in [6.07, 6.45) is 4.18. The molecule has 0 aliphatic heterocycles. The minimum absolute atomic E-state index is 0.446. The fourth-order valence-electron chi connectivity index (χ4n) is 1.40. The molecule has 0 bridgehead atoms. The molecule has 16 heavy (non-hydrogen) atoms. The van der Waals surface area contributed by atoms with Crippen LogP contribution in [-0.2, 0) is 0 Å². The second kappa shape index (κ2) is 4.49. The molecule has 1 N–H and O–H groups in total. The van der Waals surface area contributed by atoms with Crippen LogP contribution < -0.4 is 5.32 Å². The Morgan fingerprint density at radius 3 is 3.19 bits per heavy atom. The zero-order chi connectivity index (χ0) is 11.5. The number of nitrogens with one attached hydrogen (secondary N) is 1. The summed E-state index contributed by atoms with van der Waals surface area (Å²) in [5.74, 6) is 1.33. The molecule has 0 amide bonds. The average Bonchev–Trinajstić information content (AvgIpc) is 2.71. The molecule has 0 saturated heterocycles. The highest BCUT2D eigenvalue weighted by atomic mass is 35.5. The van der Waals surface area contributed by atoms with Gasteiger partial charge in [0.2, 0.25) is 0 Å². The predicted octanol–water partition coefficient (Wildman–Crippen LogP) is 2.07. The molecule has 5 nitrogen and oxygen atoms in total. The van der Waals surface area contributed by atoms with Crippen LogP contribution in [0.4, 0.5) is 5.82 Å². The Morgan fingerprint density at radius 1 is 1.62 bits per heavy atom. The summed E-state index contributed by atoms with van der Waals surface area (Å²) in [5.41, 5.74) is 0.865. The van der Waals surface area contributed by atoms with Crippen LogP contribution in [-0.4, -0.2) is 26.1 Å². The van der Waals surface area contributed by atoms with Gasteiger partial charge in [0.05, 0.1) is 0 Å². The Bertz CT molecular complexity index is 519. The molecule has 0 aliphatic rings. The van der Waals surface area contributed by atoms with Gasteiger partial charge in [-0.2, -0.15) is 19.6 Å². The van der Waals surface area contributed by atoms with Crippen LogP contribution in [0.25, 0.3) is 5.78 Å². The first kappa shape index (κ1) is 10.9. The predicted molar refractivity (Wildman–Crippen MR) is 63.8 cm³/mol. The standard InChI is InChI=1S/C10H12ClN5/c1-3-4-5-12-9-7(2)8(11)15-10-13-6-14-16(9)10/h3,6,12H,1,4-5H2,2H3. The molecule has 2 rings (SSSR count). The van der Waals surface area contributed by atoms with Crippen LogP contribution in [0.15, 0.2) is 19.0 Å². The van der Waals surface area contributed by atoms with Gasteiger partial charge in [-0.05, 0) is 13.3 Å². The molecular formula is C10H12ClN5. The molecule has 2 aromatic heterocycles. The summed E-state index contributed by atoms with van der Waals surface area (Å²) in [7, 11) is 0. The molecule has 0 fully saturated rings. The summed E-state index contributed by atoms with van der Waals surface area (Å²) in [5, 5.41) is 7.79. The van der Waals surface area contributed by atoms with E-state index < -0.39 is 0 Å². The fraction of sp³-hybridized carbons (Fsp3) is 0.300. The Balaban J connectivity index is 2.43. The highest BCUT2D eigenvalue weighted by Crippen LogP contribution is 2.21. The number of rotatable bonds is 4. The van der Waals surface area contributed by atoms with Crippen molar-refractivity contribution in [3.8, 4) is 0 Å². The molecule has 2 aromatic rings. The van der Waals surface area contributed by atoms with E-state index in [1.54, 1.807) is 4.52 Å². The largest absolute Gasteiger partial charge is 0.369 e. The summed E-state index contributed by atoms with van der Waals surface area (Å²) in [4.78, 5) is 8.12. The first-order chi connectivity index (χ1) is 7.74. The molecule has 0 aromatic carbocycles. The SMILES string of the molecule is C=CCCNc1c(C)c(Cl)nc2ncnn12. The van der Waals surface area contributed by atoms with Crippen molar-refractivity contribution in [3.63, 3.8) is 0 Å². The lowest BCUT2D eigenvalue weighted by Crippen LogP contribution is -2.09. The van der Waals surface area contributed by atoms with E-state index in [-0.39, 0.29) is 0 Å². The molecule has 84 valence electrons. The first-order valence-corrected chi connectivity index (χ1v) is 5.32. The van der Waals surface area contributed by atoms with Crippen LogP contribution in [0.2, 0.25) is 5.15 Å². The third-order valence-corrected chi connectivity index (χ3v) is 2.61. The molecule has 0 unspecified atom stereocenters. The fourth-order valence-corrected chi connectivity index (χ4v) is 1.56. The second-order valence-corrected chi connectivity index (χ2v) is 3.71. The van der Waals surface area contributed by atoms with Crippen molar-refractivity contribution < 1.29 is 0 Å². The van der Waals surface area contributed by atoms with Crippen molar-refractivity contribution in [3.05, 3.63) is 29.7 Å². The van der Waals surface area contributed by atoms with Crippen LogP contribution in [0, 0.1) is 6.92 Å². The van der Waals surface area contributed by atoms with Crippen LogP contribution in [0.3, 0.4) is 0 Å². The van der Waals surface area contributed by atoms with Gasteiger partial charge in [-0.25, -0.2) is 0 Å². The lowest BCUT2D eigenvalue weighted by molar-refractivity contribution is 0.910. The van der Waals surface area contributed by atoms with Crippen molar-refractivity contribution in [2.24, 2.45) is 0 Å². The Morgan fingerprint density at radius 2 is 2.44 bits per heavy atom. The summed E-state index contributed by atoms with van der Waals surface area (Å²) in [6, 6.07) is 0. The molecule has 0 spiro atoms. The quantitative estimate of drug-likeness (QED) is 0.503. The maximum absolute atomic E-state index is 6.01. The average molecular weight is 238 g/mol. The third kappa shape index (κ3) is 1.86. The van der Waals surface area contributed by atoms with E-state index in [4.69, 9.17) is 11.6 Å². The Labute approximate surface area is 98.2 Å². The lowest BCUT2D eigenvalue weighted by Gasteiger charge is -2.10. The number of aromatic nitrogens is 4. The van der Waals surface area contributed by atoms with Crippen LogP contribution in [0.1, 0.15) is 12.0 Å². The van der Waals surface area contributed by atoms with E-state index >= 15 is 0 Å². The van der Waals surface area contributed by atoms with Crippen molar-refractivity contribution in [2.75, 3.05) is 11.9 Å². The molecule has 0 radical (unpaired) electrons.